The van der Waals surface area contributed by atoms with Crippen LogP contribution in [-0.4, -0.2) is 7.05 Å². The van der Waals surface area contributed by atoms with Gasteiger partial charge in [-0.25, -0.2) is 0 Å². The molecule has 0 saturated carbocycles. The molecule has 1 rings (SSSR count). The molecule has 0 bridgehead atoms. The first-order chi connectivity index (χ1) is 5.24. The predicted octanol–water partition coefficient (Wildman–Crippen LogP) is 2.71. The topological polar surface area (TPSA) is 12.0 Å². The van der Waals surface area contributed by atoms with E-state index in [1.165, 1.54) is 0 Å². The molecule has 0 fully saturated rings. The number of nitrogens with one attached hydrogen (secondary N) is 1. The van der Waals surface area contributed by atoms with Crippen LogP contribution in [0, 0.1) is 0 Å². The molecule has 1 aromatic carbocycles. The molecule has 0 aliphatic rings. The van der Waals surface area contributed by atoms with Gasteiger partial charge in [0.1, 0.15) is 0 Å². The van der Waals surface area contributed by atoms with Gasteiger partial charge >= 0.3 is 0 Å². The van der Waals surface area contributed by atoms with Gasteiger partial charge in [0, 0.05) is 6.54 Å². The summed E-state index contributed by atoms with van der Waals surface area (Å²) < 4.78 is 0. The Bertz CT molecular complexity index is 248. The lowest BCUT2D eigenvalue weighted by molar-refractivity contribution is 0.818. The van der Waals surface area contributed by atoms with E-state index >= 15 is 0 Å². The van der Waals surface area contributed by atoms with Gasteiger partial charge < -0.3 is 5.32 Å². The lowest BCUT2D eigenvalue weighted by atomic mass is 10.2. The van der Waals surface area contributed by atoms with E-state index in [-0.39, 0.29) is 0 Å². The molecule has 0 radical (unpaired) electrons. The summed E-state index contributed by atoms with van der Waals surface area (Å²) in [5, 5.41) is 4.24. The quantitative estimate of drug-likeness (QED) is 0.755. The largest absolute Gasteiger partial charge is 0.316 e. The number of halogens is 2. The Labute approximate surface area is 76.3 Å². The third kappa shape index (κ3) is 2.37. The van der Waals surface area contributed by atoms with Crippen LogP contribution < -0.4 is 5.32 Å². The van der Waals surface area contributed by atoms with Crippen LogP contribution >= 0.6 is 23.2 Å². The predicted molar refractivity (Wildman–Crippen MR) is 49.2 cm³/mol. The summed E-state index contributed by atoms with van der Waals surface area (Å²) >= 11 is 11.5. The first-order valence-corrected chi connectivity index (χ1v) is 4.08. The fraction of sp³-hybridized carbons (Fsp3) is 0.250. The van der Waals surface area contributed by atoms with Gasteiger partial charge in [-0.1, -0.05) is 29.3 Å². The lowest BCUT2D eigenvalue weighted by Crippen LogP contribution is -2.04. The second-order valence-corrected chi connectivity index (χ2v) is 3.09. The fourth-order valence-corrected chi connectivity index (χ4v) is 1.17. The maximum absolute atomic E-state index is 5.79. The maximum atomic E-state index is 5.79. The number of hydrogen-bond donors (Lipinski definition) is 1. The summed E-state index contributed by atoms with van der Waals surface area (Å²) in [6.07, 6.45) is 0. The van der Waals surface area contributed by atoms with Crippen LogP contribution in [0.5, 0.6) is 0 Å². The molecule has 0 unspecified atom stereocenters. The Morgan fingerprint density at radius 1 is 1.27 bits per heavy atom. The van der Waals surface area contributed by atoms with E-state index in [0.29, 0.717) is 10.0 Å². The summed E-state index contributed by atoms with van der Waals surface area (Å²) in [4.78, 5) is 0. The van der Waals surface area contributed by atoms with Gasteiger partial charge in [0.25, 0.3) is 0 Å². The van der Waals surface area contributed by atoms with Crippen LogP contribution in [0.15, 0.2) is 18.2 Å². The first kappa shape index (κ1) is 8.85. The number of benzene rings is 1. The van der Waals surface area contributed by atoms with Crippen molar-refractivity contribution in [2.24, 2.45) is 0 Å². The molecule has 0 heterocycles. The third-order valence-corrected chi connectivity index (χ3v) is 2.10. The second kappa shape index (κ2) is 3.96. The molecule has 0 aliphatic heterocycles. The summed E-state index contributed by atoms with van der Waals surface area (Å²) in [7, 11) is 1.89. The van der Waals surface area contributed by atoms with Crippen molar-refractivity contribution in [1.82, 2.24) is 5.32 Å². The third-order valence-electron chi connectivity index (χ3n) is 1.36. The molecule has 0 aromatic heterocycles. The zero-order valence-electron chi connectivity index (χ0n) is 6.20. The van der Waals surface area contributed by atoms with E-state index in [2.05, 4.69) is 5.32 Å². The van der Waals surface area contributed by atoms with Crippen LogP contribution in [-0.2, 0) is 6.54 Å². The lowest BCUT2D eigenvalue weighted by Gasteiger charge is -2.00. The van der Waals surface area contributed by atoms with Crippen LogP contribution in [0.25, 0.3) is 0 Å². The Balaban J connectivity index is 2.86. The molecule has 0 aliphatic carbocycles. The summed E-state index contributed by atoms with van der Waals surface area (Å²) in [5.41, 5.74) is 1.14. The summed E-state index contributed by atoms with van der Waals surface area (Å²) in [6, 6.07) is 5.61. The molecule has 1 aromatic rings. The van der Waals surface area contributed by atoms with Crippen molar-refractivity contribution >= 4 is 23.2 Å². The summed E-state index contributed by atoms with van der Waals surface area (Å²) in [6.45, 7) is 0.816. The van der Waals surface area contributed by atoms with Crippen molar-refractivity contribution in [2.75, 3.05) is 7.05 Å². The van der Waals surface area contributed by atoms with Crippen LogP contribution in [0.1, 0.15) is 5.56 Å². The summed E-state index contributed by atoms with van der Waals surface area (Å²) in [5.74, 6) is 0. The monoisotopic (exact) mass is 189 g/mol. The average molecular weight is 190 g/mol. The van der Waals surface area contributed by atoms with Gasteiger partial charge in [0.05, 0.1) is 10.0 Å². The maximum Gasteiger partial charge on any atom is 0.0595 e. The van der Waals surface area contributed by atoms with Gasteiger partial charge in [-0.05, 0) is 24.7 Å². The molecule has 1 nitrogen and oxygen atoms in total. The molecule has 1 N–H and O–H groups in total. The molecule has 11 heavy (non-hydrogen) atoms. The molecule has 0 atom stereocenters. The van der Waals surface area contributed by atoms with Crippen molar-refractivity contribution in [1.29, 1.82) is 0 Å². The fourth-order valence-electron chi connectivity index (χ4n) is 0.854. The van der Waals surface area contributed by atoms with Crippen molar-refractivity contribution in [3.63, 3.8) is 0 Å². The molecule has 0 spiro atoms. The zero-order chi connectivity index (χ0) is 8.27. The second-order valence-electron chi connectivity index (χ2n) is 2.28. The molecular weight excluding hydrogens is 181 g/mol. The minimum absolute atomic E-state index is 0.603. The van der Waals surface area contributed by atoms with Crippen molar-refractivity contribution in [3.8, 4) is 0 Å². The Morgan fingerprint density at radius 3 is 2.55 bits per heavy atom. The van der Waals surface area contributed by atoms with E-state index in [1.54, 1.807) is 6.07 Å². The van der Waals surface area contributed by atoms with Crippen molar-refractivity contribution < 1.29 is 0 Å². The average Bonchev–Trinajstić information content (AvgIpc) is 1.98. The van der Waals surface area contributed by atoms with Crippen molar-refractivity contribution in [3.05, 3.63) is 33.8 Å². The highest BCUT2D eigenvalue weighted by molar-refractivity contribution is 6.41. The van der Waals surface area contributed by atoms with E-state index in [0.717, 1.165) is 12.1 Å². The highest BCUT2D eigenvalue weighted by atomic mass is 35.5. The molecule has 60 valence electrons. The van der Waals surface area contributed by atoms with E-state index in [4.69, 9.17) is 23.2 Å². The smallest absolute Gasteiger partial charge is 0.0595 e. The van der Waals surface area contributed by atoms with Gasteiger partial charge in [0.15, 0.2) is 0 Å². The minimum atomic E-state index is 0.603. The van der Waals surface area contributed by atoms with Crippen LogP contribution in [0.4, 0.5) is 0 Å². The van der Waals surface area contributed by atoms with Gasteiger partial charge in [-0.2, -0.15) is 0 Å². The van der Waals surface area contributed by atoms with Gasteiger partial charge in [0.2, 0.25) is 0 Å². The highest BCUT2D eigenvalue weighted by Crippen LogP contribution is 2.22. The Morgan fingerprint density at radius 2 is 2.00 bits per heavy atom. The Hall–Kier alpha value is -0.240. The SMILES string of the molecule is CNCc1ccc(Cl)c(Cl)c1. The molecule has 0 amide bonds. The normalized spacial score (nSPS) is 10.1. The van der Waals surface area contributed by atoms with Crippen molar-refractivity contribution in [2.45, 2.75) is 6.54 Å². The van der Waals surface area contributed by atoms with Gasteiger partial charge in [-0.15, -0.1) is 0 Å². The van der Waals surface area contributed by atoms with Crippen LogP contribution in [0.2, 0.25) is 10.0 Å². The van der Waals surface area contributed by atoms with Gasteiger partial charge in [-0.3, -0.25) is 0 Å². The van der Waals surface area contributed by atoms with E-state index < -0.39 is 0 Å². The highest BCUT2D eigenvalue weighted by Gasteiger charge is 1.97. The first-order valence-electron chi connectivity index (χ1n) is 3.32. The zero-order valence-corrected chi connectivity index (χ0v) is 7.71. The number of rotatable bonds is 2. The standard InChI is InChI=1S/C8H9Cl2N/c1-11-5-6-2-3-7(9)8(10)4-6/h2-4,11H,5H2,1H3. The molecule has 3 heteroatoms. The van der Waals surface area contributed by atoms with Crippen LogP contribution in [0.3, 0.4) is 0 Å². The van der Waals surface area contributed by atoms with E-state index in [9.17, 15) is 0 Å². The number of hydrogen-bond acceptors (Lipinski definition) is 1. The molecule has 0 saturated heterocycles. The molecular formula is C8H9Cl2N. The minimum Gasteiger partial charge on any atom is -0.316 e. The Kier molecular flexibility index (Phi) is 3.18. The van der Waals surface area contributed by atoms with E-state index in [1.807, 2.05) is 19.2 Å².